The zero-order valence-corrected chi connectivity index (χ0v) is 18.8. The van der Waals surface area contributed by atoms with Gasteiger partial charge < -0.3 is 9.79 Å². The summed E-state index contributed by atoms with van der Waals surface area (Å²) in [5, 5.41) is 0. The predicted octanol–water partition coefficient (Wildman–Crippen LogP) is 2.67. The molecule has 0 rings (SSSR count). The molecule has 2 unspecified atom stereocenters. The molecule has 0 radical (unpaired) electrons. The number of rotatable bonds is 15. The molecule has 0 fully saturated rings. The van der Waals surface area contributed by atoms with Crippen molar-refractivity contribution in [1.29, 1.82) is 0 Å². The van der Waals surface area contributed by atoms with E-state index in [0.717, 1.165) is 0 Å². The maximum Gasteiger partial charge on any atom is 0.400 e. The Morgan fingerprint density at radius 1 is 0.750 bits per heavy atom. The number of carbonyl (C=O) groups is 2. The molecule has 12 heteroatoms. The van der Waals surface area contributed by atoms with Crippen LogP contribution in [0.4, 0.5) is 0 Å². The molecule has 0 aliphatic heterocycles. The van der Waals surface area contributed by atoms with Gasteiger partial charge in [-0.25, -0.2) is 20.1 Å². The Bertz CT molecular complexity index is 570. The fourth-order valence-corrected chi connectivity index (χ4v) is 3.23. The largest absolute Gasteiger partial charge is 0.400 e. The van der Waals surface area contributed by atoms with Gasteiger partial charge in [0.25, 0.3) is 0 Å². The Morgan fingerprint density at radius 2 is 1.04 bits per heavy atom. The second-order valence-electron chi connectivity index (χ2n) is 8.58. The first kappa shape index (κ1) is 27.6. The van der Waals surface area contributed by atoms with E-state index in [1.165, 1.54) is 0 Å². The second kappa shape index (κ2) is 11.1. The Morgan fingerprint density at radius 3 is 1.29 bits per heavy atom. The van der Waals surface area contributed by atoms with Crippen LogP contribution >= 0.6 is 15.5 Å². The van der Waals surface area contributed by atoms with Gasteiger partial charge in [-0.05, 0) is 23.7 Å². The molecule has 0 saturated heterocycles. The van der Waals surface area contributed by atoms with Gasteiger partial charge in [-0.15, -0.1) is 0 Å². The van der Waals surface area contributed by atoms with Crippen LogP contribution in [0.2, 0.25) is 0 Å². The third kappa shape index (κ3) is 16.5. The Balaban J connectivity index is 4.16. The van der Waals surface area contributed by atoms with Crippen molar-refractivity contribution in [1.82, 2.24) is 0 Å². The van der Waals surface area contributed by atoms with E-state index < -0.39 is 26.3 Å². The lowest BCUT2D eigenvalue weighted by Gasteiger charge is -2.24. The first-order valence-corrected chi connectivity index (χ1v) is 12.3. The fourth-order valence-electron chi connectivity index (χ4n) is 2.16. The average Bonchev–Trinajstić information content (AvgIpc) is 2.52. The predicted molar refractivity (Wildman–Crippen MR) is 105 cm³/mol. The van der Waals surface area contributed by atoms with Gasteiger partial charge in [0.1, 0.15) is 11.6 Å². The molecular formula is C16H34N2O8P2. The Kier molecular flexibility index (Phi) is 10.9. The summed E-state index contributed by atoms with van der Waals surface area (Å²) in [6.45, 7) is 7.06. The lowest BCUT2D eigenvalue weighted by Crippen LogP contribution is -2.22. The summed E-state index contributed by atoms with van der Waals surface area (Å²) in [4.78, 5) is 41.9. The van der Waals surface area contributed by atoms with Crippen molar-refractivity contribution >= 4 is 27.1 Å². The SMILES string of the molecule is CC(C)(CCC(=O)CCC(=O)CCC(C)(C)COP(N)(=O)O)COP(N)(=O)O. The van der Waals surface area contributed by atoms with E-state index in [2.05, 4.69) is 0 Å². The van der Waals surface area contributed by atoms with Gasteiger partial charge in [-0.3, -0.25) is 18.6 Å². The highest BCUT2D eigenvalue weighted by atomic mass is 31.2. The Labute approximate surface area is 166 Å². The zero-order valence-electron chi connectivity index (χ0n) is 17.0. The molecule has 0 aliphatic rings. The minimum atomic E-state index is -4.05. The molecule has 0 saturated carbocycles. The van der Waals surface area contributed by atoms with Gasteiger partial charge in [0.15, 0.2) is 0 Å². The van der Waals surface area contributed by atoms with Crippen LogP contribution in [0.3, 0.4) is 0 Å². The summed E-state index contributed by atoms with van der Waals surface area (Å²) >= 11 is 0. The number of ketones is 2. The molecular weight excluding hydrogens is 410 g/mol. The first-order chi connectivity index (χ1) is 12.4. The second-order valence-corrected chi connectivity index (χ2v) is 11.4. The van der Waals surface area contributed by atoms with Crippen molar-refractivity contribution in [2.75, 3.05) is 13.2 Å². The zero-order chi connectivity index (χ0) is 22.2. The number of carbonyl (C=O) groups excluding carboxylic acids is 2. The van der Waals surface area contributed by atoms with Gasteiger partial charge in [-0.2, -0.15) is 0 Å². The van der Waals surface area contributed by atoms with E-state index in [4.69, 9.17) is 29.8 Å². The molecule has 0 spiro atoms. The van der Waals surface area contributed by atoms with Gasteiger partial charge in [0.2, 0.25) is 0 Å². The van der Waals surface area contributed by atoms with E-state index >= 15 is 0 Å². The third-order valence-electron chi connectivity index (χ3n) is 4.12. The quantitative estimate of drug-likeness (QED) is 0.274. The summed E-state index contributed by atoms with van der Waals surface area (Å²) in [5.74, 6) is -0.151. The molecule has 6 N–H and O–H groups in total. The van der Waals surface area contributed by atoms with Crippen molar-refractivity contribution < 1.29 is 37.6 Å². The summed E-state index contributed by atoms with van der Waals surface area (Å²) < 4.78 is 31.3. The first-order valence-electron chi connectivity index (χ1n) is 8.96. The molecule has 10 nitrogen and oxygen atoms in total. The smallest absolute Gasteiger partial charge is 0.313 e. The molecule has 0 aromatic rings. The molecule has 0 aromatic carbocycles. The van der Waals surface area contributed by atoms with Crippen LogP contribution in [0.25, 0.3) is 0 Å². The minimum absolute atomic E-state index is 0.0514. The maximum absolute atomic E-state index is 12.0. The van der Waals surface area contributed by atoms with Gasteiger partial charge in [-0.1, -0.05) is 27.7 Å². The van der Waals surface area contributed by atoms with Crippen molar-refractivity contribution in [2.24, 2.45) is 21.8 Å². The van der Waals surface area contributed by atoms with E-state index in [0.29, 0.717) is 12.8 Å². The fraction of sp³-hybridized carbons (Fsp3) is 0.875. The molecule has 0 aromatic heterocycles. The molecule has 2 atom stereocenters. The summed E-state index contributed by atoms with van der Waals surface area (Å²) in [5.41, 5.74) is 8.84. The van der Waals surface area contributed by atoms with E-state index in [-0.39, 0.29) is 50.5 Å². The van der Waals surface area contributed by atoms with Crippen molar-refractivity contribution in [3.8, 4) is 0 Å². The highest BCUT2D eigenvalue weighted by molar-refractivity contribution is 7.50. The lowest BCUT2D eigenvalue weighted by molar-refractivity contribution is -0.124. The topological polar surface area (TPSA) is 179 Å². The number of hydrogen-bond acceptors (Lipinski definition) is 6. The van der Waals surface area contributed by atoms with E-state index in [1.807, 2.05) is 0 Å². The summed E-state index contributed by atoms with van der Waals surface area (Å²) in [6.07, 6.45) is 1.57. The third-order valence-corrected chi connectivity index (χ3v) is 5.12. The molecule has 0 heterocycles. The molecule has 28 heavy (non-hydrogen) atoms. The lowest BCUT2D eigenvalue weighted by atomic mass is 9.86. The van der Waals surface area contributed by atoms with Gasteiger partial charge in [0, 0.05) is 25.7 Å². The molecule has 0 amide bonds. The maximum atomic E-state index is 12.0. The number of nitrogens with two attached hydrogens (primary N) is 2. The van der Waals surface area contributed by atoms with Crippen LogP contribution in [0.1, 0.15) is 66.2 Å². The molecule has 0 bridgehead atoms. The van der Waals surface area contributed by atoms with Crippen LogP contribution < -0.4 is 11.0 Å². The highest BCUT2D eigenvalue weighted by Crippen LogP contribution is 2.36. The van der Waals surface area contributed by atoms with Crippen LogP contribution in [0.15, 0.2) is 0 Å². The van der Waals surface area contributed by atoms with Crippen LogP contribution in [-0.4, -0.2) is 34.6 Å². The number of hydrogen-bond donors (Lipinski definition) is 4. The molecule has 0 aliphatic carbocycles. The highest BCUT2D eigenvalue weighted by Gasteiger charge is 2.25. The van der Waals surface area contributed by atoms with Gasteiger partial charge in [0.05, 0.1) is 13.2 Å². The molecule has 166 valence electrons. The van der Waals surface area contributed by atoms with Crippen LogP contribution in [-0.2, 0) is 27.8 Å². The number of Topliss-reactive ketones (excluding diaryl/α,β-unsaturated/α-hetero) is 2. The van der Waals surface area contributed by atoms with E-state index in [1.54, 1.807) is 27.7 Å². The standard InChI is InChI=1S/C16H34N2O8P2/c1-15(2,11-25-27(17,21)22)9-7-13(19)5-6-14(20)8-10-16(3,4)12-26-28(18,23)24/h5-12H2,1-4H3,(H3,17,21,22)(H3,18,23,24). The minimum Gasteiger partial charge on any atom is -0.313 e. The summed E-state index contributed by atoms with van der Waals surface area (Å²) in [6, 6.07) is 0. The van der Waals surface area contributed by atoms with Crippen LogP contribution in [0.5, 0.6) is 0 Å². The Hall–Kier alpha value is -0.440. The van der Waals surface area contributed by atoms with Crippen LogP contribution in [0, 0.1) is 10.8 Å². The van der Waals surface area contributed by atoms with Crippen molar-refractivity contribution in [3.63, 3.8) is 0 Å². The van der Waals surface area contributed by atoms with Gasteiger partial charge >= 0.3 is 15.5 Å². The monoisotopic (exact) mass is 444 g/mol. The van der Waals surface area contributed by atoms with Crippen molar-refractivity contribution in [2.45, 2.75) is 66.2 Å². The van der Waals surface area contributed by atoms with Crippen molar-refractivity contribution in [3.05, 3.63) is 0 Å². The normalized spacial score (nSPS) is 17.0. The average molecular weight is 444 g/mol. The summed E-state index contributed by atoms with van der Waals surface area (Å²) in [7, 11) is -8.09. The van der Waals surface area contributed by atoms with E-state index in [9.17, 15) is 18.7 Å².